The standard InChI is InChI=1S/C12H12O4/c1-8(12(14)15)6-10-4-3-5-11(7-10)16-9(2)13/h3-7H,1-2H3,(H,14,15)/b8-6+. The van der Waals surface area contributed by atoms with Crippen molar-refractivity contribution < 1.29 is 19.4 Å². The van der Waals surface area contributed by atoms with Crippen molar-refractivity contribution in [1.82, 2.24) is 0 Å². The van der Waals surface area contributed by atoms with Crippen molar-refractivity contribution >= 4 is 18.0 Å². The summed E-state index contributed by atoms with van der Waals surface area (Å²) in [5.41, 5.74) is 0.902. The van der Waals surface area contributed by atoms with Crippen molar-refractivity contribution in [2.75, 3.05) is 0 Å². The van der Waals surface area contributed by atoms with Gasteiger partial charge in [0.1, 0.15) is 5.75 Å². The van der Waals surface area contributed by atoms with Crippen LogP contribution >= 0.6 is 0 Å². The highest BCUT2D eigenvalue weighted by Gasteiger charge is 2.02. The second-order valence-electron chi connectivity index (χ2n) is 3.30. The molecule has 4 nitrogen and oxygen atoms in total. The number of esters is 1. The fraction of sp³-hybridized carbons (Fsp3) is 0.167. The van der Waals surface area contributed by atoms with Gasteiger partial charge in [-0.05, 0) is 30.7 Å². The Hall–Kier alpha value is -2.10. The Morgan fingerprint density at radius 3 is 2.56 bits per heavy atom. The average Bonchev–Trinajstić information content (AvgIpc) is 2.16. The third kappa shape index (κ3) is 3.57. The van der Waals surface area contributed by atoms with Crippen molar-refractivity contribution in [1.29, 1.82) is 0 Å². The van der Waals surface area contributed by atoms with Crippen LogP contribution in [0.15, 0.2) is 29.8 Å². The Kier molecular flexibility index (Phi) is 3.83. The SMILES string of the molecule is CC(=O)Oc1cccc(/C=C(\C)C(=O)O)c1. The first-order valence-corrected chi connectivity index (χ1v) is 4.69. The summed E-state index contributed by atoms with van der Waals surface area (Å²) in [4.78, 5) is 21.3. The lowest BCUT2D eigenvalue weighted by Gasteiger charge is -2.02. The molecule has 0 amide bonds. The Morgan fingerprint density at radius 2 is 2.00 bits per heavy atom. The van der Waals surface area contributed by atoms with Crippen LogP contribution < -0.4 is 4.74 Å². The molecule has 0 unspecified atom stereocenters. The van der Waals surface area contributed by atoms with Crippen LogP contribution in [0.1, 0.15) is 19.4 Å². The third-order valence-corrected chi connectivity index (χ3v) is 1.84. The fourth-order valence-corrected chi connectivity index (χ4v) is 1.15. The van der Waals surface area contributed by atoms with Gasteiger partial charge < -0.3 is 9.84 Å². The number of hydrogen-bond donors (Lipinski definition) is 1. The van der Waals surface area contributed by atoms with Gasteiger partial charge in [-0.1, -0.05) is 12.1 Å². The zero-order chi connectivity index (χ0) is 12.1. The zero-order valence-electron chi connectivity index (χ0n) is 9.06. The smallest absolute Gasteiger partial charge is 0.331 e. The molecular weight excluding hydrogens is 208 g/mol. The largest absolute Gasteiger partial charge is 0.478 e. The number of aliphatic carboxylic acids is 1. The maximum absolute atomic E-state index is 10.7. The van der Waals surface area contributed by atoms with Crippen LogP contribution in [-0.4, -0.2) is 17.0 Å². The van der Waals surface area contributed by atoms with Gasteiger partial charge in [-0.25, -0.2) is 4.79 Å². The molecule has 0 atom stereocenters. The van der Waals surface area contributed by atoms with Crippen LogP contribution in [0.5, 0.6) is 5.75 Å². The van der Waals surface area contributed by atoms with Gasteiger partial charge in [0.25, 0.3) is 0 Å². The summed E-state index contributed by atoms with van der Waals surface area (Å²) in [7, 11) is 0. The molecule has 0 spiro atoms. The number of hydrogen-bond acceptors (Lipinski definition) is 3. The molecule has 0 aliphatic carbocycles. The number of carboxylic acid groups (broad SMARTS) is 1. The Morgan fingerprint density at radius 1 is 1.31 bits per heavy atom. The third-order valence-electron chi connectivity index (χ3n) is 1.84. The van der Waals surface area contributed by atoms with Crippen molar-refractivity contribution in [2.45, 2.75) is 13.8 Å². The molecule has 0 saturated heterocycles. The molecule has 4 heteroatoms. The second kappa shape index (κ2) is 5.11. The molecule has 0 aromatic heterocycles. The van der Waals surface area contributed by atoms with Gasteiger partial charge in [-0.3, -0.25) is 4.79 Å². The van der Waals surface area contributed by atoms with Crippen LogP contribution in [0, 0.1) is 0 Å². The number of carboxylic acids is 1. The molecule has 1 N–H and O–H groups in total. The highest BCUT2D eigenvalue weighted by atomic mass is 16.5. The molecule has 16 heavy (non-hydrogen) atoms. The van der Waals surface area contributed by atoms with E-state index in [0.29, 0.717) is 11.3 Å². The number of ether oxygens (including phenoxy) is 1. The fourth-order valence-electron chi connectivity index (χ4n) is 1.15. The second-order valence-corrected chi connectivity index (χ2v) is 3.30. The van der Waals surface area contributed by atoms with Gasteiger partial charge in [0.2, 0.25) is 0 Å². The van der Waals surface area contributed by atoms with Crippen molar-refractivity contribution in [2.24, 2.45) is 0 Å². The summed E-state index contributed by atoms with van der Waals surface area (Å²) in [5.74, 6) is -0.978. The molecular formula is C12H12O4. The predicted octanol–water partition coefficient (Wildman–Crippen LogP) is 2.10. The first kappa shape index (κ1) is 12.0. The van der Waals surface area contributed by atoms with E-state index in [2.05, 4.69) is 0 Å². The summed E-state index contributed by atoms with van der Waals surface area (Å²) in [6, 6.07) is 6.67. The molecule has 0 radical (unpaired) electrons. The van der Waals surface area contributed by atoms with Gasteiger partial charge in [-0.2, -0.15) is 0 Å². The van der Waals surface area contributed by atoms with Crippen LogP contribution in [0.4, 0.5) is 0 Å². The molecule has 0 fully saturated rings. The minimum absolute atomic E-state index is 0.222. The summed E-state index contributed by atoms with van der Waals surface area (Å²) in [5, 5.41) is 8.70. The maximum Gasteiger partial charge on any atom is 0.331 e. The van der Waals surface area contributed by atoms with E-state index in [9.17, 15) is 9.59 Å². The molecule has 84 valence electrons. The Bertz CT molecular complexity index is 446. The number of carbonyl (C=O) groups excluding carboxylic acids is 1. The Balaban J connectivity index is 2.94. The monoisotopic (exact) mass is 220 g/mol. The number of benzene rings is 1. The van der Waals surface area contributed by atoms with Crippen LogP contribution in [0.3, 0.4) is 0 Å². The van der Waals surface area contributed by atoms with E-state index < -0.39 is 11.9 Å². The van der Waals surface area contributed by atoms with Crippen molar-refractivity contribution in [3.8, 4) is 5.75 Å². The van der Waals surface area contributed by atoms with Gasteiger partial charge in [0.05, 0.1) is 0 Å². The average molecular weight is 220 g/mol. The van der Waals surface area contributed by atoms with E-state index >= 15 is 0 Å². The molecule has 1 rings (SSSR count). The highest BCUT2D eigenvalue weighted by Crippen LogP contribution is 2.16. The summed E-state index contributed by atoms with van der Waals surface area (Å²) in [6.45, 7) is 2.81. The van der Waals surface area contributed by atoms with Gasteiger partial charge in [0, 0.05) is 12.5 Å². The molecule has 0 bridgehead atoms. The summed E-state index contributed by atoms with van der Waals surface area (Å²) < 4.78 is 4.88. The van der Waals surface area contributed by atoms with Gasteiger partial charge >= 0.3 is 11.9 Å². The van der Waals surface area contributed by atoms with Gasteiger partial charge in [-0.15, -0.1) is 0 Å². The predicted molar refractivity (Wildman–Crippen MR) is 59.0 cm³/mol. The minimum Gasteiger partial charge on any atom is -0.478 e. The van der Waals surface area contributed by atoms with E-state index in [1.54, 1.807) is 24.3 Å². The zero-order valence-corrected chi connectivity index (χ0v) is 9.06. The first-order chi connectivity index (χ1) is 7.49. The van der Waals surface area contributed by atoms with Crippen molar-refractivity contribution in [3.63, 3.8) is 0 Å². The topological polar surface area (TPSA) is 63.6 Å². The molecule has 1 aromatic carbocycles. The van der Waals surface area contributed by atoms with E-state index in [4.69, 9.17) is 9.84 Å². The Labute approximate surface area is 93.2 Å². The normalized spacial score (nSPS) is 11.0. The molecule has 0 heterocycles. The van der Waals surface area contributed by atoms with E-state index in [1.165, 1.54) is 19.9 Å². The van der Waals surface area contributed by atoms with Crippen LogP contribution in [0.2, 0.25) is 0 Å². The van der Waals surface area contributed by atoms with Gasteiger partial charge in [0.15, 0.2) is 0 Å². The van der Waals surface area contributed by atoms with E-state index in [0.717, 1.165) is 0 Å². The lowest BCUT2D eigenvalue weighted by molar-refractivity contribution is -0.133. The maximum atomic E-state index is 10.7. The lowest BCUT2D eigenvalue weighted by Crippen LogP contribution is -2.01. The minimum atomic E-state index is -0.974. The van der Waals surface area contributed by atoms with Crippen LogP contribution in [-0.2, 0) is 9.59 Å². The van der Waals surface area contributed by atoms with Crippen molar-refractivity contribution in [3.05, 3.63) is 35.4 Å². The van der Waals surface area contributed by atoms with E-state index in [1.807, 2.05) is 0 Å². The highest BCUT2D eigenvalue weighted by molar-refractivity contribution is 5.91. The number of carbonyl (C=O) groups is 2. The summed E-state index contributed by atoms with van der Waals surface area (Å²) >= 11 is 0. The summed E-state index contributed by atoms with van der Waals surface area (Å²) in [6.07, 6.45) is 1.51. The molecule has 1 aromatic rings. The first-order valence-electron chi connectivity index (χ1n) is 4.69. The molecule has 0 saturated carbocycles. The molecule has 0 aliphatic heterocycles. The lowest BCUT2D eigenvalue weighted by atomic mass is 10.1. The van der Waals surface area contributed by atoms with Crippen LogP contribution in [0.25, 0.3) is 6.08 Å². The number of rotatable bonds is 3. The quantitative estimate of drug-likeness (QED) is 0.481. The van der Waals surface area contributed by atoms with E-state index in [-0.39, 0.29) is 5.57 Å². The molecule has 0 aliphatic rings.